The molecule has 1 rings (SSSR count). The Bertz CT molecular complexity index is 509. The van der Waals surface area contributed by atoms with E-state index in [2.05, 4.69) is 29.5 Å². The lowest BCUT2D eigenvalue weighted by molar-refractivity contribution is 0.0257. The molecule has 0 aliphatic heterocycles. The number of guanidine groups is 1. The fourth-order valence-corrected chi connectivity index (χ4v) is 2.63. The zero-order valence-corrected chi connectivity index (χ0v) is 17.3. The quantitative estimate of drug-likeness (QED) is 0.363. The lowest BCUT2D eigenvalue weighted by Crippen LogP contribution is -2.40. The van der Waals surface area contributed by atoms with E-state index >= 15 is 0 Å². The number of nitrogens with zero attached hydrogens (tertiary/aromatic N) is 1. The molecule has 1 aromatic rings. The highest BCUT2D eigenvalue weighted by molar-refractivity contribution is 5.79. The second-order valence-electron chi connectivity index (χ2n) is 6.83. The number of hydrogen-bond acceptors (Lipinski definition) is 4. The van der Waals surface area contributed by atoms with Crippen LogP contribution in [0.2, 0.25) is 0 Å². The molecule has 0 heterocycles. The smallest absolute Gasteiger partial charge is 0.191 e. The van der Waals surface area contributed by atoms with Gasteiger partial charge in [-0.2, -0.15) is 0 Å². The van der Waals surface area contributed by atoms with Crippen molar-refractivity contribution >= 4 is 5.96 Å². The van der Waals surface area contributed by atoms with Crippen LogP contribution in [0.4, 0.5) is 0 Å². The molecule has 0 saturated heterocycles. The molecular formula is C21H37N3O3. The first-order valence-electron chi connectivity index (χ1n) is 10.00. The standard InChI is InChI=1S/C21H37N3O3/c1-5-22-21(23-13-12-20(17(3)4)27-6-2)24-14-19(25)16-26-15-18-10-8-7-9-11-18/h7-11,17,19-20,25H,5-6,12-16H2,1-4H3,(H2,22,23,24). The van der Waals surface area contributed by atoms with E-state index in [1.165, 1.54) is 0 Å². The molecular weight excluding hydrogens is 342 g/mol. The van der Waals surface area contributed by atoms with Crippen LogP contribution in [0.1, 0.15) is 39.7 Å². The van der Waals surface area contributed by atoms with Gasteiger partial charge in [-0.3, -0.25) is 4.99 Å². The van der Waals surface area contributed by atoms with Crippen molar-refractivity contribution in [3.8, 4) is 0 Å². The summed E-state index contributed by atoms with van der Waals surface area (Å²) < 4.78 is 11.3. The number of aliphatic hydroxyl groups excluding tert-OH is 1. The van der Waals surface area contributed by atoms with E-state index in [0.717, 1.165) is 31.7 Å². The molecule has 2 unspecified atom stereocenters. The highest BCUT2D eigenvalue weighted by Gasteiger charge is 2.13. The van der Waals surface area contributed by atoms with Gasteiger partial charge in [-0.15, -0.1) is 0 Å². The van der Waals surface area contributed by atoms with Crippen LogP contribution < -0.4 is 10.6 Å². The van der Waals surface area contributed by atoms with Crippen molar-refractivity contribution in [2.45, 2.75) is 52.9 Å². The fourth-order valence-electron chi connectivity index (χ4n) is 2.63. The number of nitrogens with one attached hydrogen (secondary N) is 2. The second kappa shape index (κ2) is 14.4. The van der Waals surface area contributed by atoms with Crippen molar-refractivity contribution in [1.82, 2.24) is 10.6 Å². The minimum atomic E-state index is -0.629. The summed E-state index contributed by atoms with van der Waals surface area (Å²) in [6.45, 7) is 11.7. The largest absolute Gasteiger partial charge is 0.389 e. The SMILES string of the molecule is CCNC(=NCC(O)COCc1ccccc1)NCCC(OCC)C(C)C. The molecule has 27 heavy (non-hydrogen) atoms. The Morgan fingerprint density at radius 2 is 1.89 bits per heavy atom. The minimum absolute atomic E-state index is 0.238. The van der Waals surface area contributed by atoms with Gasteiger partial charge in [0.25, 0.3) is 0 Å². The zero-order valence-electron chi connectivity index (χ0n) is 17.3. The van der Waals surface area contributed by atoms with Crippen molar-refractivity contribution in [2.24, 2.45) is 10.9 Å². The Hall–Kier alpha value is -1.63. The molecule has 0 spiro atoms. The van der Waals surface area contributed by atoms with Gasteiger partial charge in [0.15, 0.2) is 5.96 Å². The van der Waals surface area contributed by atoms with Gasteiger partial charge in [-0.05, 0) is 31.7 Å². The van der Waals surface area contributed by atoms with Crippen LogP contribution >= 0.6 is 0 Å². The van der Waals surface area contributed by atoms with Gasteiger partial charge in [-0.25, -0.2) is 0 Å². The summed E-state index contributed by atoms with van der Waals surface area (Å²) in [5.41, 5.74) is 1.09. The lowest BCUT2D eigenvalue weighted by Gasteiger charge is -2.21. The molecule has 6 nitrogen and oxygen atoms in total. The molecule has 0 aliphatic rings. The molecule has 0 amide bonds. The van der Waals surface area contributed by atoms with Gasteiger partial charge in [0.2, 0.25) is 0 Å². The van der Waals surface area contributed by atoms with E-state index in [-0.39, 0.29) is 12.7 Å². The highest BCUT2D eigenvalue weighted by Crippen LogP contribution is 2.09. The molecule has 1 aromatic carbocycles. The third-order valence-electron chi connectivity index (χ3n) is 4.07. The first kappa shape index (κ1) is 23.4. The van der Waals surface area contributed by atoms with Crippen LogP contribution in [0.3, 0.4) is 0 Å². The summed E-state index contributed by atoms with van der Waals surface area (Å²) in [7, 11) is 0. The van der Waals surface area contributed by atoms with Crippen molar-refractivity contribution in [3.63, 3.8) is 0 Å². The third-order valence-corrected chi connectivity index (χ3v) is 4.07. The molecule has 0 saturated carbocycles. The Labute approximate surface area is 164 Å². The Morgan fingerprint density at radius 1 is 1.15 bits per heavy atom. The summed E-state index contributed by atoms with van der Waals surface area (Å²) in [6, 6.07) is 9.93. The van der Waals surface area contributed by atoms with E-state index in [1.807, 2.05) is 44.2 Å². The van der Waals surface area contributed by atoms with E-state index in [0.29, 0.717) is 25.0 Å². The minimum Gasteiger partial charge on any atom is -0.389 e. The van der Waals surface area contributed by atoms with Crippen LogP contribution in [0.25, 0.3) is 0 Å². The number of aliphatic imine (C=N–C) groups is 1. The second-order valence-corrected chi connectivity index (χ2v) is 6.83. The van der Waals surface area contributed by atoms with Gasteiger partial charge in [-0.1, -0.05) is 44.2 Å². The monoisotopic (exact) mass is 379 g/mol. The number of hydrogen-bond donors (Lipinski definition) is 3. The Balaban J connectivity index is 2.34. The average Bonchev–Trinajstić information content (AvgIpc) is 2.66. The van der Waals surface area contributed by atoms with Crippen molar-refractivity contribution < 1.29 is 14.6 Å². The van der Waals surface area contributed by atoms with Crippen LogP contribution in [0.15, 0.2) is 35.3 Å². The topological polar surface area (TPSA) is 75.1 Å². The van der Waals surface area contributed by atoms with Crippen LogP contribution in [0, 0.1) is 5.92 Å². The van der Waals surface area contributed by atoms with Crippen molar-refractivity contribution in [1.29, 1.82) is 0 Å². The van der Waals surface area contributed by atoms with Crippen LogP contribution in [-0.4, -0.2) is 56.1 Å². The Kier molecular flexibility index (Phi) is 12.5. The molecule has 0 radical (unpaired) electrons. The van der Waals surface area contributed by atoms with E-state index in [9.17, 15) is 5.11 Å². The predicted octanol–water partition coefficient (Wildman–Crippen LogP) is 2.57. The number of benzene rings is 1. The van der Waals surface area contributed by atoms with Gasteiger partial charge in [0, 0.05) is 19.7 Å². The summed E-state index contributed by atoms with van der Waals surface area (Å²) in [5.74, 6) is 1.19. The number of ether oxygens (including phenoxy) is 2. The Morgan fingerprint density at radius 3 is 2.52 bits per heavy atom. The molecule has 0 aromatic heterocycles. The van der Waals surface area contributed by atoms with Crippen LogP contribution in [0.5, 0.6) is 0 Å². The molecule has 0 fully saturated rings. The van der Waals surface area contributed by atoms with Gasteiger partial charge in [0.1, 0.15) is 0 Å². The summed E-state index contributed by atoms with van der Waals surface area (Å²) >= 11 is 0. The maximum Gasteiger partial charge on any atom is 0.191 e. The third kappa shape index (κ3) is 11.0. The number of rotatable bonds is 13. The maximum atomic E-state index is 10.1. The van der Waals surface area contributed by atoms with E-state index in [4.69, 9.17) is 9.47 Å². The van der Waals surface area contributed by atoms with E-state index in [1.54, 1.807) is 0 Å². The van der Waals surface area contributed by atoms with Gasteiger partial charge >= 0.3 is 0 Å². The summed E-state index contributed by atoms with van der Waals surface area (Å²) in [5, 5.41) is 16.6. The number of aliphatic hydroxyl groups is 1. The molecule has 2 atom stereocenters. The summed E-state index contributed by atoms with van der Waals surface area (Å²) in [4.78, 5) is 4.45. The van der Waals surface area contributed by atoms with Gasteiger partial charge < -0.3 is 25.2 Å². The first-order chi connectivity index (χ1) is 13.1. The van der Waals surface area contributed by atoms with Crippen molar-refractivity contribution in [3.05, 3.63) is 35.9 Å². The highest BCUT2D eigenvalue weighted by atomic mass is 16.5. The fraction of sp³-hybridized carbons (Fsp3) is 0.667. The molecule has 154 valence electrons. The predicted molar refractivity (Wildman–Crippen MR) is 111 cm³/mol. The molecule has 0 aliphatic carbocycles. The zero-order chi connectivity index (χ0) is 19.9. The first-order valence-corrected chi connectivity index (χ1v) is 10.00. The lowest BCUT2D eigenvalue weighted by atomic mass is 10.0. The van der Waals surface area contributed by atoms with Crippen molar-refractivity contribution in [2.75, 3.05) is 32.8 Å². The maximum absolute atomic E-state index is 10.1. The molecule has 6 heteroatoms. The average molecular weight is 380 g/mol. The molecule has 3 N–H and O–H groups in total. The normalized spacial score (nSPS) is 14.2. The molecule has 0 bridgehead atoms. The van der Waals surface area contributed by atoms with E-state index < -0.39 is 6.10 Å². The summed E-state index contributed by atoms with van der Waals surface area (Å²) in [6.07, 6.45) is 0.525. The van der Waals surface area contributed by atoms with Crippen LogP contribution in [-0.2, 0) is 16.1 Å². The van der Waals surface area contributed by atoms with Gasteiger partial charge in [0.05, 0.1) is 32.0 Å².